The van der Waals surface area contributed by atoms with Crippen LogP contribution in [0.25, 0.3) is 0 Å². The Bertz CT molecular complexity index is 315. The fraction of sp³-hybridized carbons (Fsp3) is 0.857. The number of ether oxygens (including phenoxy) is 1. The Kier molecular flexibility index (Phi) is 11.1. The predicted octanol–water partition coefficient (Wildman–Crippen LogP) is 2.26. The highest BCUT2D eigenvalue weighted by molar-refractivity contribution is 5.85. The zero-order valence-corrected chi connectivity index (χ0v) is 13.5. The zero-order chi connectivity index (χ0) is 14.8. The van der Waals surface area contributed by atoms with E-state index in [9.17, 15) is 9.59 Å². The summed E-state index contributed by atoms with van der Waals surface area (Å²) in [4.78, 5) is 24.0. The fourth-order valence-corrected chi connectivity index (χ4v) is 2.30. The van der Waals surface area contributed by atoms with E-state index in [1.54, 1.807) is 0 Å². The number of unbranched alkanes of at least 4 members (excludes halogenated alkanes) is 4. The minimum Gasteiger partial charge on any atom is -0.465 e. The van der Waals surface area contributed by atoms with Crippen molar-refractivity contribution < 1.29 is 19.4 Å². The lowest BCUT2D eigenvalue weighted by atomic mass is 10.1. The monoisotopic (exact) mass is 322 g/mol. The number of carbonyl (C=O) groups is 2. The number of piperazine rings is 1. The number of esters is 1. The lowest BCUT2D eigenvalue weighted by molar-refractivity contribution is -0.145. The van der Waals surface area contributed by atoms with Crippen LogP contribution in [0.3, 0.4) is 0 Å². The SMILES string of the molecule is CCCCCCCC(=O)OCC1CNCCN1C(=O)O.Cl. The summed E-state index contributed by atoms with van der Waals surface area (Å²) >= 11 is 0. The number of carboxylic acid groups (broad SMARTS) is 1. The van der Waals surface area contributed by atoms with Gasteiger partial charge in [-0.25, -0.2) is 4.79 Å². The van der Waals surface area contributed by atoms with Crippen molar-refractivity contribution in [1.82, 2.24) is 10.2 Å². The van der Waals surface area contributed by atoms with Gasteiger partial charge in [-0.2, -0.15) is 0 Å². The number of nitrogens with one attached hydrogen (secondary N) is 1. The van der Waals surface area contributed by atoms with Gasteiger partial charge in [0, 0.05) is 26.1 Å². The molecule has 0 aliphatic carbocycles. The number of nitrogens with zero attached hydrogens (tertiary/aromatic N) is 1. The molecule has 0 aromatic rings. The normalized spacial score (nSPS) is 18.0. The van der Waals surface area contributed by atoms with Gasteiger partial charge >= 0.3 is 12.1 Å². The Morgan fingerprint density at radius 3 is 2.67 bits per heavy atom. The molecule has 1 heterocycles. The van der Waals surface area contributed by atoms with E-state index < -0.39 is 6.09 Å². The summed E-state index contributed by atoms with van der Waals surface area (Å²) in [7, 11) is 0. The van der Waals surface area contributed by atoms with Crippen LogP contribution in [0.15, 0.2) is 0 Å². The molecule has 1 unspecified atom stereocenters. The Morgan fingerprint density at radius 1 is 1.29 bits per heavy atom. The Labute approximate surface area is 132 Å². The molecule has 1 amide bonds. The minimum atomic E-state index is -0.952. The molecule has 0 radical (unpaired) electrons. The van der Waals surface area contributed by atoms with Crippen LogP contribution in [-0.2, 0) is 9.53 Å². The van der Waals surface area contributed by atoms with Gasteiger partial charge < -0.3 is 15.2 Å². The van der Waals surface area contributed by atoms with Crippen LogP contribution in [0.1, 0.15) is 45.4 Å². The average Bonchev–Trinajstić information content (AvgIpc) is 2.45. The maximum absolute atomic E-state index is 11.6. The standard InChI is InChI=1S/C14H26N2O4.ClH/c1-2-3-4-5-6-7-13(17)20-11-12-10-15-8-9-16(12)14(18)19;/h12,15H,2-11H2,1H3,(H,18,19);1H. The molecule has 2 N–H and O–H groups in total. The molecule has 1 atom stereocenters. The van der Waals surface area contributed by atoms with Gasteiger partial charge in [-0.1, -0.05) is 32.6 Å². The molecule has 1 saturated heterocycles. The number of hydrogen-bond acceptors (Lipinski definition) is 4. The molecule has 124 valence electrons. The van der Waals surface area contributed by atoms with E-state index in [1.165, 1.54) is 17.7 Å². The summed E-state index contributed by atoms with van der Waals surface area (Å²) in [5, 5.41) is 12.2. The van der Waals surface area contributed by atoms with Gasteiger partial charge in [-0.3, -0.25) is 9.69 Å². The minimum absolute atomic E-state index is 0. The second-order valence-corrected chi connectivity index (χ2v) is 5.18. The molecule has 7 heteroatoms. The van der Waals surface area contributed by atoms with Crippen molar-refractivity contribution in [3.63, 3.8) is 0 Å². The number of halogens is 1. The highest BCUT2D eigenvalue weighted by Crippen LogP contribution is 2.08. The summed E-state index contributed by atoms with van der Waals surface area (Å²) in [6.45, 7) is 3.92. The second kappa shape index (κ2) is 11.6. The quantitative estimate of drug-likeness (QED) is 0.529. The van der Waals surface area contributed by atoms with E-state index in [0.717, 1.165) is 19.3 Å². The van der Waals surface area contributed by atoms with Crippen LogP contribution in [-0.4, -0.2) is 54.4 Å². The van der Waals surface area contributed by atoms with Crippen molar-refractivity contribution >= 4 is 24.5 Å². The first-order valence-corrected chi connectivity index (χ1v) is 7.51. The largest absolute Gasteiger partial charge is 0.465 e. The average molecular weight is 323 g/mol. The highest BCUT2D eigenvalue weighted by Gasteiger charge is 2.27. The third-order valence-electron chi connectivity index (χ3n) is 3.52. The molecule has 0 bridgehead atoms. The van der Waals surface area contributed by atoms with Gasteiger partial charge in [0.05, 0.1) is 6.04 Å². The van der Waals surface area contributed by atoms with Gasteiger partial charge in [0.1, 0.15) is 6.61 Å². The van der Waals surface area contributed by atoms with E-state index in [2.05, 4.69) is 12.2 Å². The second-order valence-electron chi connectivity index (χ2n) is 5.18. The van der Waals surface area contributed by atoms with Gasteiger partial charge in [0.15, 0.2) is 0 Å². The number of carbonyl (C=O) groups excluding carboxylic acids is 1. The van der Waals surface area contributed by atoms with Crippen molar-refractivity contribution in [3.8, 4) is 0 Å². The van der Waals surface area contributed by atoms with Crippen LogP contribution in [0.4, 0.5) is 4.79 Å². The third-order valence-corrected chi connectivity index (χ3v) is 3.52. The molecule has 1 fully saturated rings. The molecule has 0 spiro atoms. The summed E-state index contributed by atoms with van der Waals surface area (Å²) < 4.78 is 5.18. The smallest absolute Gasteiger partial charge is 0.407 e. The fourth-order valence-electron chi connectivity index (χ4n) is 2.30. The lowest BCUT2D eigenvalue weighted by Crippen LogP contribution is -2.55. The van der Waals surface area contributed by atoms with Gasteiger partial charge in [0.25, 0.3) is 0 Å². The van der Waals surface area contributed by atoms with Crippen molar-refractivity contribution in [2.45, 2.75) is 51.5 Å². The molecule has 1 rings (SSSR count). The molecule has 0 aromatic heterocycles. The van der Waals surface area contributed by atoms with Crippen LogP contribution in [0.5, 0.6) is 0 Å². The van der Waals surface area contributed by atoms with Crippen molar-refractivity contribution in [2.24, 2.45) is 0 Å². The molecule has 0 aromatic carbocycles. The molecular weight excluding hydrogens is 296 g/mol. The number of rotatable bonds is 8. The topological polar surface area (TPSA) is 78.9 Å². The van der Waals surface area contributed by atoms with E-state index >= 15 is 0 Å². The molecule has 0 saturated carbocycles. The summed E-state index contributed by atoms with van der Waals surface area (Å²) in [6.07, 6.45) is 4.92. The molecule has 1 aliphatic rings. The third kappa shape index (κ3) is 8.12. The molecule has 21 heavy (non-hydrogen) atoms. The van der Waals surface area contributed by atoms with Gasteiger partial charge in [0.2, 0.25) is 0 Å². The Hall–Kier alpha value is -1.01. The highest BCUT2D eigenvalue weighted by atomic mass is 35.5. The summed E-state index contributed by atoms with van der Waals surface area (Å²) in [6, 6.07) is -0.273. The van der Waals surface area contributed by atoms with E-state index in [0.29, 0.717) is 26.1 Å². The van der Waals surface area contributed by atoms with Gasteiger partial charge in [-0.15, -0.1) is 12.4 Å². The van der Waals surface area contributed by atoms with Gasteiger partial charge in [-0.05, 0) is 6.42 Å². The van der Waals surface area contributed by atoms with Crippen molar-refractivity contribution in [2.75, 3.05) is 26.2 Å². The van der Waals surface area contributed by atoms with E-state index in [1.807, 2.05) is 0 Å². The molecule has 1 aliphatic heterocycles. The van der Waals surface area contributed by atoms with Crippen LogP contribution in [0, 0.1) is 0 Å². The summed E-state index contributed by atoms with van der Waals surface area (Å²) in [5.74, 6) is -0.225. The van der Waals surface area contributed by atoms with Crippen molar-refractivity contribution in [1.29, 1.82) is 0 Å². The molecular formula is C14H27ClN2O4. The van der Waals surface area contributed by atoms with Crippen LogP contribution >= 0.6 is 12.4 Å². The number of amides is 1. The zero-order valence-electron chi connectivity index (χ0n) is 12.7. The maximum atomic E-state index is 11.6. The van der Waals surface area contributed by atoms with E-state index in [-0.39, 0.29) is 31.0 Å². The number of hydrogen-bond donors (Lipinski definition) is 2. The van der Waals surface area contributed by atoms with Crippen LogP contribution < -0.4 is 5.32 Å². The maximum Gasteiger partial charge on any atom is 0.407 e. The Balaban J connectivity index is 0.00000400. The first-order valence-electron chi connectivity index (χ1n) is 7.51. The summed E-state index contributed by atoms with van der Waals surface area (Å²) in [5.41, 5.74) is 0. The first kappa shape index (κ1) is 20.0. The molecule has 6 nitrogen and oxygen atoms in total. The predicted molar refractivity (Wildman–Crippen MR) is 83.0 cm³/mol. The van der Waals surface area contributed by atoms with Crippen molar-refractivity contribution in [3.05, 3.63) is 0 Å². The first-order chi connectivity index (χ1) is 9.65. The lowest BCUT2D eigenvalue weighted by Gasteiger charge is -2.33. The van der Waals surface area contributed by atoms with E-state index in [4.69, 9.17) is 9.84 Å². The van der Waals surface area contributed by atoms with Crippen LogP contribution in [0.2, 0.25) is 0 Å². The Morgan fingerprint density at radius 2 is 2.00 bits per heavy atom.